The largest absolute Gasteiger partial charge is 0.342 e. The number of likely N-dealkylation sites (tertiary alicyclic amines) is 1. The molecule has 3 aromatic rings. The number of hydrogen-bond acceptors (Lipinski definition) is 4. The number of nitrogens with one attached hydrogen (secondary N) is 2. The molecule has 4 amide bonds. The van der Waals surface area contributed by atoms with Crippen LogP contribution in [0.3, 0.4) is 0 Å². The molecule has 0 bridgehead atoms. The van der Waals surface area contributed by atoms with Gasteiger partial charge in [-0.3, -0.25) is 24.1 Å². The molecule has 36 heavy (non-hydrogen) atoms. The third-order valence-corrected chi connectivity index (χ3v) is 6.51. The van der Waals surface area contributed by atoms with Gasteiger partial charge < -0.3 is 15.5 Å². The van der Waals surface area contributed by atoms with Crippen molar-refractivity contribution >= 4 is 40.7 Å². The highest BCUT2D eigenvalue weighted by molar-refractivity contribution is 6.15. The summed E-state index contributed by atoms with van der Waals surface area (Å²) < 4.78 is 0. The van der Waals surface area contributed by atoms with Crippen LogP contribution < -0.4 is 15.5 Å². The van der Waals surface area contributed by atoms with Gasteiger partial charge in [-0.1, -0.05) is 42.5 Å². The lowest BCUT2D eigenvalue weighted by molar-refractivity contribution is -0.128. The van der Waals surface area contributed by atoms with Crippen LogP contribution in [-0.2, 0) is 20.8 Å². The Morgan fingerprint density at radius 2 is 1.64 bits per heavy atom. The van der Waals surface area contributed by atoms with Gasteiger partial charge in [0.2, 0.25) is 17.7 Å². The molecular weight excluding hydrogens is 456 g/mol. The van der Waals surface area contributed by atoms with Crippen LogP contribution >= 0.6 is 0 Å². The minimum atomic E-state index is -0.419. The molecule has 1 unspecified atom stereocenters. The van der Waals surface area contributed by atoms with Crippen LogP contribution in [0.25, 0.3) is 0 Å². The van der Waals surface area contributed by atoms with Gasteiger partial charge in [0, 0.05) is 30.8 Å². The molecule has 8 nitrogen and oxygen atoms in total. The number of benzene rings is 3. The van der Waals surface area contributed by atoms with E-state index in [1.54, 1.807) is 47.4 Å². The van der Waals surface area contributed by atoms with Crippen LogP contribution in [0.4, 0.5) is 17.1 Å². The van der Waals surface area contributed by atoms with Crippen LogP contribution in [0.15, 0.2) is 78.9 Å². The molecule has 2 aliphatic rings. The summed E-state index contributed by atoms with van der Waals surface area (Å²) in [7, 11) is 0. The normalized spacial score (nSPS) is 16.9. The number of amides is 4. The summed E-state index contributed by atoms with van der Waals surface area (Å²) in [4.78, 5) is 53.6. The highest BCUT2D eigenvalue weighted by Gasteiger charge is 2.34. The van der Waals surface area contributed by atoms with Gasteiger partial charge in [0.15, 0.2) is 0 Å². The maximum absolute atomic E-state index is 13.1. The lowest BCUT2D eigenvalue weighted by atomic mass is 10.1. The molecule has 2 heterocycles. The second-order valence-corrected chi connectivity index (χ2v) is 9.00. The minimum Gasteiger partial charge on any atom is -0.342 e. The molecule has 3 aromatic carbocycles. The Hall–Kier alpha value is -4.46. The van der Waals surface area contributed by atoms with Gasteiger partial charge in [-0.25, -0.2) is 0 Å². The number of carbonyl (C=O) groups is 4. The average Bonchev–Trinajstić information content (AvgIpc) is 3.28. The fourth-order valence-electron chi connectivity index (χ4n) is 4.58. The summed E-state index contributed by atoms with van der Waals surface area (Å²) in [5.41, 5.74) is 3.34. The number of hydrogen-bond donors (Lipinski definition) is 2. The molecule has 1 saturated heterocycles. The average molecular weight is 483 g/mol. The van der Waals surface area contributed by atoms with E-state index in [-0.39, 0.29) is 36.6 Å². The van der Waals surface area contributed by atoms with E-state index in [1.165, 1.54) is 4.90 Å². The summed E-state index contributed by atoms with van der Waals surface area (Å²) in [5, 5.41) is 5.63. The molecular formula is C28H26N4O4. The lowest BCUT2D eigenvalue weighted by Crippen LogP contribution is -2.42. The van der Waals surface area contributed by atoms with Crippen LogP contribution in [0.2, 0.25) is 0 Å². The zero-order valence-corrected chi connectivity index (χ0v) is 19.6. The van der Waals surface area contributed by atoms with Gasteiger partial charge in [-0.2, -0.15) is 0 Å². The van der Waals surface area contributed by atoms with Crippen LogP contribution in [0.1, 0.15) is 22.3 Å². The van der Waals surface area contributed by atoms with Gasteiger partial charge in [-0.15, -0.1) is 0 Å². The Balaban J connectivity index is 1.19. The molecule has 0 aromatic heterocycles. The molecule has 8 heteroatoms. The summed E-state index contributed by atoms with van der Waals surface area (Å²) in [6.45, 7) is 0.913. The van der Waals surface area contributed by atoms with E-state index in [4.69, 9.17) is 0 Å². The Bertz CT molecular complexity index is 1310. The number of rotatable bonds is 6. The van der Waals surface area contributed by atoms with Crippen molar-refractivity contribution in [3.05, 3.63) is 90.0 Å². The van der Waals surface area contributed by atoms with E-state index in [2.05, 4.69) is 10.6 Å². The molecule has 0 aliphatic carbocycles. The number of nitrogens with zero attached hydrogens (tertiary/aromatic N) is 2. The first kappa shape index (κ1) is 23.3. The van der Waals surface area contributed by atoms with E-state index in [0.717, 1.165) is 12.0 Å². The van der Waals surface area contributed by atoms with E-state index < -0.39 is 5.92 Å². The van der Waals surface area contributed by atoms with E-state index in [0.29, 0.717) is 35.7 Å². The van der Waals surface area contributed by atoms with Crippen molar-refractivity contribution in [3.63, 3.8) is 0 Å². The zero-order valence-electron chi connectivity index (χ0n) is 19.6. The Kier molecular flexibility index (Phi) is 6.49. The Morgan fingerprint density at radius 1 is 0.917 bits per heavy atom. The van der Waals surface area contributed by atoms with Crippen LogP contribution in [0, 0.1) is 5.92 Å². The van der Waals surface area contributed by atoms with E-state index >= 15 is 0 Å². The number of carbonyl (C=O) groups excluding carboxylic acids is 4. The topological polar surface area (TPSA) is 98.8 Å². The van der Waals surface area contributed by atoms with Crippen molar-refractivity contribution in [1.82, 2.24) is 4.90 Å². The first-order valence-corrected chi connectivity index (χ1v) is 11.9. The first-order valence-electron chi connectivity index (χ1n) is 11.9. The summed E-state index contributed by atoms with van der Waals surface area (Å²) in [6, 6.07) is 23.7. The second-order valence-electron chi connectivity index (χ2n) is 9.00. The van der Waals surface area contributed by atoms with Crippen molar-refractivity contribution in [1.29, 1.82) is 0 Å². The molecule has 182 valence electrons. The maximum Gasteiger partial charge on any atom is 0.258 e. The smallest absolute Gasteiger partial charge is 0.258 e. The number of para-hydroxylation sites is 2. The van der Waals surface area contributed by atoms with E-state index in [9.17, 15) is 19.2 Å². The van der Waals surface area contributed by atoms with Crippen molar-refractivity contribution in [2.45, 2.75) is 12.8 Å². The highest BCUT2D eigenvalue weighted by atomic mass is 16.2. The molecule has 0 saturated carbocycles. The summed E-state index contributed by atoms with van der Waals surface area (Å²) in [5.74, 6) is -1.21. The SMILES string of the molecule is O=C1CN(C(=O)c2ccc(NC(=O)C3CC(=O)N(CCc4ccccc4)C3)cc2)c2ccccc2N1. The third-order valence-electron chi connectivity index (χ3n) is 6.51. The molecule has 0 spiro atoms. The fourth-order valence-corrected chi connectivity index (χ4v) is 4.58. The van der Waals surface area contributed by atoms with Gasteiger partial charge in [0.05, 0.1) is 17.3 Å². The predicted octanol–water partition coefficient (Wildman–Crippen LogP) is 3.32. The van der Waals surface area contributed by atoms with Crippen LogP contribution in [0.5, 0.6) is 0 Å². The summed E-state index contributed by atoms with van der Waals surface area (Å²) in [6.07, 6.45) is 0.938. The molecule has 2 aliphatic heterocycles. The molecule has 2 N–H and O–H groups in total. The maximum atomic E-state index is 13.1. The molecule has 0 radical (unpaired) electrons. The lowest BCUT2D eigenvalue weighted by Gasteiger charge is -2.29. The monoisotopic (exact) mass is 482 g/mol. The predicted molar refractivity (Wildman–Crippen MR) is 137 cm³/mol. The molecule has 1 atom stereocenters. The van der Waals surface area contributed by atoms with Crippen molar-refractivity contribution in [2.75, 3.05) is 35.2 Å². The van der Waals surface area contributed by atoms with Gasteiger partial charge >= 0.3 is 0 Å². The van der Waals surface area contributed by atoms with Crippen LogP contribution in [-0.4, -0.2) is 48.2 Å². The standard InChI is InChI=1S/C28H26N4O4/c33-25-18-32(24-9-5-4-8-23(24)30-25)28(36)20-10-12-22(13-11-20)29-27(35)21-16-26(34)31(17-21)15-14-19-6-2-1-3-7-19/h1-13,21H,14-18H2,(H,29,35)(H,30,33). The van der Waals surface area contributed by atoms with E-state index in [1.807, 2.05) is 36.4 Å². The van der Waals surface area contributed by atoms with Crippen molar-refractivity contribution < 1.29 is 19.2 Å². The quantitative estimate of drug-likeness (QED) is 0.563. The van der Waals surface area contributed by atoms with Gasteiger partial charge in [0.1, 0.15) is 6.54 Å². The summed E-state index contributed by atoms with van der Waals surface area (Å²) >= 11 is 0. The van der Waals surface area contributed by atoms with Crippen molar-refractivity contribution in [2.24, 2.45) is 5.92 Å². The highest BCUT2D eigenvalue weighted by Crippen LogP contribution is 2.30. The number of fused-ring (bicyclic) bond motifs is 1. The molecule has 1 fully saturated rings. The molecule has 5 rings (SSSR count). The van der Waals surface area contributed by atoms with Gasteiger partial charge in [-0.05, 0) is 48.4 Å². The second kappa shape index (κ2) is 10.0. The van der Waals surface area contributed by atoms with Crippen molar-refractivity contribution in [3.8, 4) is 0 Å². The van der Waals surface area contributed by atoms with Gasteiger partial charge in [0.25, 0.3) is 5.91 Å². The first-order chi connectivity index (χ1) is 17.5. The Labute approximate surface area is 208 Å². The third kappa shape index (κ3) is 4.98. The minimum absolute atomic E-state index is 0.0159. The zero-order chi connectivity index (χ0) is 25.1. The fraction of sp³-hybridized carbons (Fsp3) is 0.214. The number of anilines is 3. The Morgan fingerprint density at radius 3 is 2.42 bits per heavy atom.